The van der Waals surface area contributed by atoms with Crippen LogP contribution in [-0.4, -0.2) is 25.0 Å². The van der Waals surface area contributed by atoms with E-state index >= 15 is 0 Å². The Kier molecular flexibility index (Phi) is 5.02. The zero-order valence-electron chi connectivity index (χ0n) is 12.4. The van der Waals surface area contributed by atoms with Crippen molar-refractivity contribution in [1.82, 2.24) is 4.90 Å². The van der Waals surface area contributed by atoms with Crippen molar-refractivity contribution in [2.45, 2.75) is 13.5 Å². The molecule has 21 heavy (non-hydrogen) atoms. The summed E-state index contributed by atoms with van der Waals surface area (Å²) in [6.07, 6.45) is 0. The third-order valence-corrected chi connectivity index (χ3v) is 3.99. The molecule has 0 atom stereocenters. The highest BCUT2D eigenvalue weighted by molar-refractivity contribution is 9.10. The second-order valence-electron chi connectivity index (χ2n) is 4.96. The van der Waals surface area contributed by atoms with Crippen LogP contribution >= 0.6 is 15.9 Å². The lowest BCUT2D eigenvalue weighted by Crippen LogP contribution is -2.26. The lowest BCUT2D eigenvalue weighted by Gasteiger charge is -2.20. The van der Waals surface area contributed by atoms with Crippen LogP contribution in [0.5, 0.6) is 5.75 Å². The van der Waals surface area contributed by atoms with Gasteiger partial charge in [0.1, 0.15) is 5.75 Å². The molecule has 3 nitrogen and oxygen atoms in total. The number of nitrogens with zero attached hydrogens (tertiary/aromatic N) is 1. The third-order valence-electron chi connectivity index (χ3n) is 3.29. The molecule has 0 aliphatic heterocycles. The second-order valence-corrected chi connectivity index (χ2v) is 5.81. The lowest BCUT2D eigenvalue weighted by atomic mass is 10.1. The average molecular weight is 348 g/mol. The van der Waals surface area contributed by atoms with Gasteiger partial charge in [-0.1, -0.05) is 29.8 Å². The van der Waals surface area contributed by atoms with Crippen LogP contribution in [0.25, 0.3) is 0 Å². The van der Waals surface area contributed by atoms with Gasteiger partial charge < -0.3 is 9.64 Å². The highest BCUT2D eigenvalue weighted by atomic mass is 79.9. The number of carbonyl (C=O) groups is 1. The average Bonchev–Trinajstić information content (AvgIpc) is 2.47. The molecule has 0 aliphatic carbocycles. The van der Waals surface area contributed by atoms with Crippen LogP contribution in [0.3, 0.4) is 0 Å². The summed E-state index contributed by atoms with van der Waals surface area (Å²) in [7, 11) is 3.44. The third kappa shape index (κ3) is 3.64. The van der Waals surface area contributed by atoms with Gasteiger partial charge in [-0.3, -0.25) is 4.79 Å². The van der Waals surface area contributed by atoms with Gasteiger partial charge in [-0.25, -0.2) is 0 Å². The highest BCUT2D eigenvalue weighted by Gasteiger charge is 2.16. The van der Waals surface area contributed by atoms with Gasteiger partial charge in [0, 0.05) is 23.6 Å². The number of methoxy groups -OCH3 is 1. The molecular weight excluding hydrogens is 330 g/mol. The zero-order chi connectivity index (χ0) is 15.4. The molecule has 110 valence electrons. The van der Waals surface area contributed by atoms with E-state index < -0.39 is 0 Å². The van der Waals surface area contributed by atoms with Gasteiger partial charge >= 0.3 is 0 Å². The molecule has 0 bridgehead atoms. The molecular formula is C17H18BrNO2. The first-order valence-electron chi connectivity index (χ1n) is 6.66. The molecule has 0 heterocycles. The van der Waals surface area contributed by atoms with Gasteiger partial charge in [-0.15, -0.1) is 0 Å². The van der Waals surface area contributed by atoms with Crippen LogP contribution in [-0.2, 0) is 6.54 Å². The number of benzene rings is 2. The van der Waals surface area contributed by atoms with Crippen LogP contribution in [0.4, 0.5) is 0 Å². The van der Waals surface area contributed by atoms with Gasteiger partial charge in [0.15, 0.2) is 0 Å². The Morgan fingerprint density at radius 3 is 2.62 bits per heavy atom. The van der Waals surface area contributed by atoms with Crippen molar-refractivity contribution in [3.05, 3.63) is 63.6 Å². The predicted molar refractivity (Wildman–Crippen MR) is 87.7 cm³/mol. The summed E-state index contributed by atoms with van der Waals surface area (Å²) in [5.41, 5.74) is 2.81. The lowest BCUT2D eigenvalue weighted by molar-refractivity contribution is 0.0783. The molecule has 0 saturated heterocycles. The van der Waals surface area contributed by atoms with Gasteiger partial charge in [0.25, 0.3) is 5.91 Å². The van der Waals surface area contributed by atoms with Gasteiger partial charge in [0.2, 0.25) is 0 Å². The number of hydrogen-bond acceptors (Lipinski definition) is 2. The normalized spacial score (nSPS) is 10.3. The fourth-order valence-corrected chi connectivity index (χ4v) is 2.65. The van der Waals surface area contributed by atoms with Crippen molar-refractivity contribution in [1.29, 1.82) is 0 Å². The first kappa shape index (κ1) is 15.6. The maximum absolute atomic E-state index is 12.5. The van der Waals surface area contributed by atoms with Crippen molar-refractivity contribution >= 4 is 21.8 Å². The quantitative estimate of drug-likeness (QED) is 0.835. The largest absolute Gasteiger partial charge is 0.496 e. The van der Waals surface area contributed by atoms with Gasteiger partial charge in [0.05, 0.1) is 12.7 Å². The standard InChI is InChI=1S/C17H18BrNO2/c1-12-8-9-16(21-3)13(10-12)11-19(2)17(20)14-6-4-5-7-15(14)18/h4-10H,11H2,1-3H3. The number of ether oxygens (including phenoxy) is 1. The summed E-state index contributed by atoms with van der Waals surface area (Å²) < 4.78 is 6.17. The summed E-state index contributed by atoms with van der Waals surface area (Å²) in [5, 5.41) is 0. The molecule has 2 aromatic rings. The summed E-state index contributed by atoms with van der Waals surface area (Å²) in [6.45, 7) is 2.53. The van der Waals surface area contributed by atoms with E-state index in [2.05, 4.69) is 15.9 Å². The Bertz CT molecular complexity index is 655. The van der Waals surface area contributed by atoms with E-state index in [0.29, 0.717) is 12.1 Å². The van der Waals surface area contributed by atoms with Crippen LogP contribution in [0.15, 0.2) is 46.9 Å². The van der Waals surface area contributed by atoms with Crippen molar-refractivity contribution in [3.8, 4) is 5.75 Å². The molecule has 0 saturated carbocycles. The number of carbonyl (C=O) groups excluding carboxylic acids is 1. The van der Waals surface area contributed by atoms with Crippen molar-refractivity contribution < 1.29 is 9.53 Å². The molecule has 0 fully saturated rings. The summed E-state index contributed by atoms with van der Waals surface area (Å²) in [6, 6.07) is 13.4. The van der Waals surface area contributed by atoms with E-state index in [1.165, 1.54) is 0 Å². The number of amides is 1. The molecule has 0 aliphatic rings. The van der Waals surface area contributed by atoms with Crippen molar-refractivity contribution in [2.24, 2.45) is 0 Å². The second kappa shape index (κ2) is 6.76. The summed E-state index contributed by atoms with van der Waals surface area (Å²) in [4.78, 5) is 14.2. The van der Waals surface area contributed by atoms with Crippen LogP contribution in [0, 0.1) is 6.92 Å². The minimum Gasteiger partial charge on any atom is -0.496 e. The van der Waals surface area contributed by atoms with Crippen molar-refractivity contribution in [3.63, 3.8) is 0 Å². The van der Waals surface area contributed by atoms with E-state index in [1.807, 2.05) is 49.4 Å². The van der Waals surface area contributed by atoms with Crippen LogP contribution in [0.1, 0.15) is 21.5 Å². The Hall–Kier alpha value is -1.81. The number of halogens is 1. The predicted octanol–water partition coefficient (Wildman–Crippen LogP) is 4.04. The molecule has 0 unspecified atom stereocenters. The SMILES string of the molecule is COc1ccc(C)cc1CN(C)C(=O)c1ccccc1Br. The molecule has 0 radical (unpaired) electrons. The van der Waals surface area contributed by atoms with E-state index in [4.69, 9.17) is 4.74 Å². The van der Waals surface area contributed by atoms with E-state index in [9.17, 15) is 4.79 Å². The Morgan fingerprint density at radius 2 is 1.95 bits per heavy atom. The van der Waals surface area contributed by atoms with Gasteiger partial charge in [-0.2, -0.15) is 0 Å². The monoisotopic (exact) mass is 347 g/mol. The maximum Gasteiger partial charge on any atom is 0.255 e. The zero-order valence-corrected chi connectivity index (χ0v) is 14.0. The Balaban J connectivity index is 2.22. The highest BCUT2D eigenvalue weighted by Crippen LogP contribution is 2.23. The summed E-state index contributed by atoms with van der Waals surface area (Å²) >= 11 is 3.42. The molecule has 0 aromatic heterocycles. The first-order valence-corrected chi connectivity index (χ1v) is 7.45. The number of hydrogen-bond donors (Lipinski definition) is 0. The smallest absolute Gasteiger partial charge is 0.255 e. The fraction of sp³-hybridized carbons (Fsp3) is 0.235. The first-order chi connectivity index (χ1) is 10.0. The van der Waals surface area contributed by atoms with E-state index in [0.717, 1.165) is 21.3 Å². The fourth-order valence-electron chi connectivity index (χ4n) is 2.20. The Labute approximate surface area is 133 Å². The molecule has 0 N–H and O–H groups in total. The van der Waals surface area contributed by atoms with Crippen molar-refractivity contribution in [2.75, 3.05) is 14.2 Å². The van der Waals surface area contributed by atoms with E-state index in [1.54, 1.807) is 19.1 Å². The topological polar surface area (TPSA) is 29.5 Å². The summed E-state index contributed by atoms with van der Waals surface area (Å²) in [5.74, 6) is 0.776. The Morgan fingerprint density at radius 1 is 1.24 bits per heavy atom. The maximum atomic E-state index is 12.5. The molecule has 2 rings (SSSR count). The van der Waals surface area contributed by atoms with Crippen LogP contribution < -0.4 is 4.74 Å². The van der Waals surface area contributed by atoms with Crippen LogP contribution in [0.2, 0.25) is 0 Å². The minimum atomic E-state index is -0.0222. The van der Waals surface area contributed by atoms with E-state index in [-0.39, 0.29) is 5.91 Å². The molecule has 0 spiro atoms. The molecule has 1 amide bonds. The minimum absolute atomic E-state index is 0.0222. The van der Waals surface area contributed by atoms with Gasteiger partial charge in [-0.05, 0) is 41.1 Å². The molecule has 4 heteroatoms. The number of rotatable bonds is 4. The molecule has 2 aromatic carbocycles. The number of aryl methyl sites for hydroxylation is 1.